The molecule has 7 heteroatoms. The van der Waals surface area contributed by atoms with E-state index in [0.717, 1.165) is 0 Å². The van der Waals surface area contributed by atoms with Gasteiger partial charge in [-0.2, -0.15) is 0 Å². The van der Waals surface area contributed by atoms with Crippen molar-refractivity contribution in [2.24, 2.45) is 11.5 Å². The number of nitrogens with two attached hydrogens (primary N) is 2. The zero-order valence-electron chi connectivity index (χ0n) is 8.44. The molecule has 0 spiro atoms. The van der Waals surface area contributed by atoms with Crippen molar-refractivity contribution in [3.05, 3.63) is 0 Å². The van der Waals surface area contributed by atoms with Crippen molar-refractivity contribution >= 4 is 11.9 Å². The Kier molecular flexibility index (Phi) is 4.47. The summed E-state index contributed by atoms with van der Waals surface area (Å²) in [5.41, 5.74) is 10.3. The number of urea groups is 1. The smallest absolute Gasteiger partial charge is 0.318 e. The number of ether oxygens (including phenoxy) is 1. The highest BCUT2D eigenvalue weighted by Crippen LogP contribution is 2.02. The summed E-state index contributed by atoms with van der Waals surface area (Å²) in [6.45, 7) is 2.37. The van der Waals surface area contributed by atoms with Gasteiger partial charge in [-0.1, -0.05) is 0 Å². The van der Waals surface area contributed by atoms with Gasteiger partial charge in [0.25, 0.3) is 0 Å². The summed E-state index contributed by atoms with van der Waals surface area (Å²) in [7, 11) is 0. The largest absolute Gasteiger partial charge is 0.374 e. The van der Waals surface area contributed by atoms with Gasteiger partial charge in [0.1, 0.15) is 0 Å². The van der Waals surface area contributed by atoms with Crippen LogP contribution in [0, 0.1) is 0 Å². The van der Waals surface area contributed by atoms with E-state index in [-0.39, 0.29) is 12.6 Å². The second kappa shape index (κ2) is 5.64. The Balaban J connectivity index is 2.31. The van der Waals surface area contributed by atoms with Crippen LogP contribution in [0.1, 0.15) is 0 Å². The summed E-state index contributed by atoms with van der Waals surface area (Å²) in [5.74, 6) is -0.403. The predicted molar refractivity (Wildman–Crippen MR) is 53.0 cm³/mol. The second-order valence-electron chi connectivity index (χ2n) is 3.38. The van der Waals surface area contributed by atoms with Crippen LogP contribution < -0.4 is 16.8 Å². The van der Waals surface area contributed by atoms with Crippen LogP contribution in [-0.4, -0.2) is 55.7 Å². The third-order valence-electron chi connectivity index (χ3n) is 2.12. The average Bonchev–Trinajstić information content (AvgIpc) is 2.16. The molecule has 0 saturated carbocycles. The van der Waals surface area contributed by atoms with Gasteiger partial charge in [0.05, 0.1) is 19.3 Å². The zero-order valence-corrected chi connectivity index (χ0v) is 8.44. The Morgan fingerprint density at radius 1 is 1.53 bits per heavy atom. The normalized spacial score (nSPS) is 22.3. The lowest BCUT2D eigenvalue weighted by molar-refractivity contribution is -0.123. The quantitative estimate of drug-likeness (QED) is 0.497. The van der Waals surface area contributed by atoms with Crippen molar-refractivity contribution in [3.63, 3.8) is 0 Å². The summed E-state index contributed by atoms with van der Waals surface area (Å²) in [6.07, 6.45) is -0.0415. The number of morpholine rings is 1. The van der Waals surface area contributed by atoms with Gasteiger partial charge in [-0.05, 0) is 0 Å². The fraction of sp³-hybridized carbons (Fsp3) is 0.750. The minimum absolute atomic E-state index is 0.0415. The molecule has 3 amide bonds. The van der Waals surface area contributed by atoms with Gasteiger partial charge in [0, 0.05) is 19.6 Å². The summed E-state index contributed by atoms with van der Waals surface area (Å²) in [5, 5.41) is 2.01. The fourth-order valence-corrected chi connectivity index (χ4v) is 1.45. The molecule has 0 aromatic heterocycles. The number of primary amides is 1. The highest BCUT2D eigenvalue weighted by Gasteiger charge is 2.21. The number of hydrogen-bond donors (Lipinski definition) is 3. The summed E-state index contributed by atoms with van der Waals surface area (Å²) in [6, 6.07) is -0.830. The third-order valence-corrected chi connectivity index (χ3v) is 2.12. The first-order chi connectivity index (χ1) is 7.11. The molecule has 0 bridgehead atoms. The Labute approximate surface area is 87.7 Å². The van der Waals surface area contributed by atoms with Gasteiger partial charge in [0.15, 0.2) is 0 Å². The standard InChI is InChI=1S/C8H16N4O3/c9-3-6-4-12(1-2-15-6)5-7(13)11-8(10)14/h6H,1-5,9H2,(H3,10,11,13,14). The average molecular weight is 216 g/mol. The first kappa shape index (κ1) is 11.9. The predicted octanol–water partition coefficient (Wildman–Crippen LogP) is -2.16. The molecule has 1 atom stereocenters. The van der Waals surface area contributed by atoms with E-state index in [1.807, 2.05) is 10.2 Å². The second-order valence-corrected chi connectivity index (χ2v) is 3.38. The van der Waals surface area contributed by atoms with Crippen molar-refractivity contribution < 1.29 is 14.3 Å². The van der Waals surface area contributed by atoms with Gasteiger partial charge < -0.3 is 16.2 Å². The van der Waals surface area contributed by atoms with Crippen LogP contribution in [0.2, 0.25) is 0 Å². The zero-order chi connectivity index (χ0) is 11.3. The van der Waals surface area contributed by atoms with Crippen LogP contribution in [0.3, 0.4) is 0 Å². The molecule has 15 heavy (non-hydrogen) atoms. The van der Waals surface area contributed by atoms with Crippen LogP contribution >= 0.6 is 0 Å². The molecule has 0 aromatic rings. The lowest BCUT2D eigenvalue weighted by Gasteiger charge is -2.31. The number of nitrogens with one attached hydrogen (secondary N) is 1. The Morgan fingerprint density at radius 2 is 2.27 bits per heavy atom. The van der Waals surface area contributed by atoms with Crippen LogP contribution in [-0.2, 0) is 9.53 Å². The molecular formula is C8H16N4O3. The number of amides is 3. The maximum absolute atomic E-state index is 11.2. The topological polar surface area (TPSA) is 111 Å². The van der Waals surface area contributed by atoms with Crippen LogP contribution in [0.4, 0.5) is 4.79 Å². The summed E-state index contributed by atoms with van der Waals surface area (Å²) >= 11 is 0. The first-order valence-corrected chi connectivity index (χ1v) is 4.75. The molecule has 1 saturated heterocycles. The van der Waals surface area contributed by atoms with Crippen molar-refractivity contribution in [1.29, 1.82) is 0 Å². The number of rotatable bonds is 3. The van der Waals surface area contributed by atoms with E-state index in [9.17, 15) is 9.59 Å². The van der Waals surface area contributed by atoms with Crippen molar-refractivity contribution in [3.8, 4) is 0 Å². The molecule has 1 unspecified atom stereocenters. The van der Waals surface area contributed by atoms with E-state index in [1.165, 1.54) is 0 Å². The lowest BCUT2D eigenvalue weighted by atomic mass is 10.2. The number of carbonyl (C=O) groups is 2. The van der Waals surface area contributed by atoms with Crippen LogP contribution in [0.25, 0.3) is 0 Å². The monoisotopic (exact) mass is 216 g/mol. The molecule has 1 heterocycles. The summed E-state index contributed by atoms with van der Waals surface area (Å²) < 4.78 is 5.33. The van der Waals surface area contributed by atoms with Crippen molar-refractivity contribution in [2.45, 2.75) is 6.10 Å². The lowest BCUT2D eigenvalue weighted by Crippen LogP contribution is -2.50. The maximum Gasteiger partial charge on any atom is 0.318 e. The minimum Gasteiger partial charge on any atom is -0.374 e. The number of carbonyl (C=O) groups excluding carboxylic acids is 2. The molecule has 0 aliphatic carbocycles. The van der Waals surface area contributed by atoms with Crippen molar-refractivity contribution in [1.82, 2.24) is 10.2 Å². The van der Waals surface area contributed by atoms with E-state index in [4.69, 9.17) is 16.2 Å². The molecule has 0 aromatic carbocycles. The number of nitrogens with zero attached hydrogens (tertiary/aromatic N) is 1. The maximum atomic E-state index is 11.2. The molecule has 86 valence electrons. The van der Waals surface area contributed by atoms with Gasteiger partial charge in [-0.15, -0.1) is 0 Å². The molecule has 5 N–H and O–H groups in total. The van der Waals surface area contributed by atoms with E-state index in [1.54, 1.807) is 0 Å². The minimum atomic E-state index is -0.830. The SMILES string of the molecule is NCC1CN(CC(=O)NC(N)=O)CCO1. The van der Waals surface area contributed by atoms with Crippen LogP contribution in [0.15, 0.2) is 0 Å². The molecule has 7 nitrogen and oxygen atoms in total. The van der Waals surface area contributed by atoms with E-state index >= 15 is 0 Å². The number of imide groups is 1. The van der Waals surface area contributed by atoms with Gasteiger partial charge in [-0.3, -0.25) is 15.0 Å². The molecule has 1 aliphatic rings. The highest BCUT2D eigenvalue weighted by atomic mass is 16.5. The first-order valence-electron chi connectivity index (χ1n) is 4.75. The molecule has 1 aliphatic heterocycles. The molecule has 0 radical (unpaired) electrons. The number of hydrogen-bond acceptors (Lipinski definition) is 5. The Morgan fingerprint density at radius 3 is 2.87 bits per heavy atom. The van der Waals surface area contributed by atoms with Crippen LogP contribution in [0.5, 0.6) is 0 Å². The van der Waals surface area contributed by atoms with Crippen molar-refractivity contribution in [2.75, 3.05) is 32.8 Å². The summed E-state index contributed by atoms with van der Waals surface area (Å²) in [4.78, 5) is 23.5. The Bertz CT molecular complexity index is 246. The Hall–Kier alpha value is -1.18. The van der Waals surface area contributed by atoms with E-state index in [0.29, 0.717) is 26.2 Å². The van der Waals surface area contributed by atoms with Gasteiger partial charge >= 0.3 is 6.03 Å². The molecular weight excluding hydrogens is 200 g/mol. The molecule has 1 rings (SSSR count). The molecule has 1 fully saturated rings. The highest BCUT2D eigenvalue weighted by molar-refractivity contribution is 5.94. The third kappa shape index (κ3) is 4.24. The van der Waals surface area contributed by atoms with Gasteiger partial charge in [0.2, 0.25) is 5.91 Å². The van der Waals surface area contributed by atoms with E-state index < -0.39 is 11.9 Å². The van der Waals surface area contributed by atoms with Gasteiger partial charge in [-0.25, -0.2) is 4.79 Å². The van der Waals surface area contributed by atoms with E-state index in [2.05, 4.69) is 0 Å². The fourth-order valence-electron chi connectivity index (χ4n) is 1.45.